The minimum absolute atomic E-state index is 0.0740. The van der Waals surface area contributed by atoms with Crippen LogP contribution in [0.4, 0.5) is 0 Å². The Morgan fingerprint density at radius 1 is 0.750 bits per heavy atom. The van der Waals surface area contributed by atoms with E-state index in [1.165, 1.54) is 10.6 Å². The highest BCUT2D eigenvalue weighted by molar-refractivity contribution is 6.31. The molecule has 5 rings (SSSR count). The number of fused-ring (bicyclic) bond motifs is 7. The van der Waals surface area contributed by atoms with Crippen LogP contribution in [0.15, 0.2) is 67.7 Å². The minimum atomic E-state index is -0.672. The van der Waals surface area contributed by atoms with E-state index in [0.717, 1.165) is 10.6 Å². The summed E-state index contributed by atoms with van der Waals surface area (Å²) in [5.74, 6) is 0. The third-order valence-electron chi connectivity index (χ3n) is 5.08. The first kappa shape index (κ1) is 16.6. The van der Waals surface area contributed by atoms with Crippen molar-refractivity contribution in [3.63, 3.8) is 0 Å². The van der Waals surface area contributed by atoms with Crippen molar-refractivity contribution in [2.24, 2.45) is 0 Å². The van der Waals surface area contributed by atoms with Crippen LogP contribution in [-0.2, 0) is 0 Å². The van der Waals surface area contributed by atoms with Crippen LogP contribution in [0.1, 0.15) is 5.56 Å². The summed E-state index contributed by atoms with van der Waals surface area (Å²) >= 11 is 5.97. The monoisotopic (exact) mass is 390 g/mol. The maximum atomic E-state index is 13.3. The van der Waals surface area contributed by atoms with E-state index in [4.69, 9.17) is 11.6 Å². The topological polar surface area (TPSA) is 77.1 Å². The van der Waals surface area contributed by atoms with Gasteiger partial charge in [-0.15, -0.1) is 0 Å². The molecule has 7 heteroatoms. The van der Waals surface area contributed by atoms with Crippen LogP contribution in [0.5, 0.6) is 0 Å². The van der Waals surface area contributed by atoms with Crippen LogP contribution >= 0.6 is 11.6 Å². The Morgan fingerprint density at radius 3 is 1.96 bits per heavy atom. The summed E-state index contributed by atoms with van der Waals surface area (Å²) in [4.78, 5) is 52.3. The molecule has 0 N–H and O–H groups in total. The number of hydrogen-bond acceptors (Lipinski definition) is 4. The molecule has 0 unspecified atom stereocenters. The zero-order chi connectivity index (χ0) is 19.7. The van der Waals surface area contributed by atoms with Crippen molar-refractivity contribution in [2.75, 3.05) is 0 Å². The van der Waals surface area contributed by atoms with Crippen LogP contribution in [0, 0.1) is 6.92 Å². The number of rotatable bonds is 0. The quantitative estimate of drug-likeness (QED) is 0.300. The number of aryl methyl sites for hydroxylation is 1. The van der Waals surface area contributed by atoms with E-state index < -0.39 is 22.0 Å². The van der Waals surface area contributed by atoms with Crippen LogP contribution in [0.3, 0.4) is 0 Å². The van der Waals surface area contributed by atoms with Gasteiger partial charge in [0.1, 0.15) is 5.52 Å². The highest BCUT2D eigenvalue weighted by Crippen LogP contribution is 2.23. The summed E-state index contributed by atoms with van der Waals surface area (Å²) in [5.41, 5.74) is -1.27. The number of benzene rings is 3. The fourth-order valence-corrected chi connectivity index (χ4v) is 4.06. The maximum absolute atomic E-state index is 13.3. The molecule has 136 valence electrons. The van der Waals surface area contributed by atoms with Crippen molar-refractivity contribution in [1.82, 2.24) is 9.03 Å². The Labute approximate surface area is 160 Å². The van der Waals surface area contributed by atoms with Gasteiger partial charge in [-0.25, -0.2) is 9.03 Å². The first-order valence-electron chi connectivity index (χ1n) is 8.50. The smallest absolute Gasteiger partial charge is 0.278 e. The molecule has 2 aromatic heterocycles. The van der Waals surface area contributed by atoms with Gasteiger partial charge in [-0.2, -0.15) is 0 Å². The predicted octanol–water partition coefficient (Wildman–Crippen LogP) is 2.34. The molecule has 0 saturated carbocycles. The second kappa shape index (κ2) is 5.50. The van der Waals surface area contributed by atoms with E-state index in [-0.39, 0.29) is 26.7 Å². The molecule has 0 aliphatic rings. The number of para-hydroxylation sites is 1. The van der Waals surface area contributed by atoms with Gasteiger partial charge in [0.2, 0.25) is 5.43 Å². The third kappa shape index (κ3) is 1.92. The lowest BCUT2D eigenvalue weighted by molar-refractivity contribution is 0.796. The Kier molecular flexibility index (Phi) is 3.27. The van der Waals surface area contributed by atoms with Gasteiger partial charge in [-0.3, -0.25) is 19.2 Å². The first-order chi connectivity index (χ1) is 13.4. The Balaban J connectivity index is 2.41. The Bertz CT molecular complexity index is 1720. The van der Waals surface area contributed by atoms with Crippen molar-refractivity contribution in [2.45, 2.75) is 6.92 Å². The molecule has 0 aliphatic carbocycles. The van der Waals surface area contributed by atoms with Gasteiger partial charge >= 0.3 is 0 Å². The first-order valence-corrected chi connectivity index (χ1v) is 8.88. The summed E-state index contributed by atoms with van der Waals surface area (Å²) in [5, 5.41) is 0.603. The largest absolute Gasteiger partial charge is 0.289 e. The van der Waals surface area contributed by atoms with E-state index in [9.17, 15) is 19.2 Å². The number of halogens is 1. The molecule has 0 saturated heterocycles. The second-order valence-corrected chi connectivity index (χ2v) is 7.07. The number of hydrogen-bond donors (Lipinski definition) is 0. The van der Waals surface area contributed by atoms with Gasteiger partial charge in [0.15, 0.2) is 5.43 Å². The van der Waals surface area contributed by atoms with Crippen molar-refractivity contribution in [1.29, 1.82) is 0 Å². The average Bonchev–Trinajstić information content (AvgIpc) is 2.69. The van der Waals surface area contributed by atoms with E-state index in [0.29, 0.717) is 16.5 Å². The molecule has 0 fully saturated rings. The summed E-state index contributed by atoms with van der Waals surface area (Å²) < 4.78 is 2.17. The van der Waals surface area contributed by atoms with E-state index in [2.05, 4.69) is 0 Å². The molecule has 0 aliphatic heterocycles. The number of aromatic nitrogens is 2. The van der Waals surface area contributed by atoms with Gasteiger partial charge in [0.25, 0.3) is 11.1 Å². The Morgan fingerprint density at radius 2 is 1.32 bits per heavy atom. The molecule has 2 heterocycles. The lowest BCUT2D eigenvalue weighted by atomic mass is 10.1. The zero-order valence-electron chi connectivity index (χ0n) is 14.5. The van der Waals surface area contributed by atoms with Crippen molar-refractivity contribution < 1.29 is 0 Å². The highest BCUT2D eigenvalue weighted by atomic mass is 35.5. The molecule has 0 radical (unpaired) electrons. The fourth-order valence-electron chi connectivity index (χ4n) is 3.87. The molecule has 5 aromatic rings. The van der Waals surface area contributed by atoms with E-state index >= 15 is 0 Å². The molecule has 6 nitrogen and oxygen atoms in total. The third-order valence-corrected chi connectivity index (χ3v) is 5.36. The predicted molar refractivity (Wildman–Crippen MR) is 109 cm³/mol. The average molecular weight is 391 g/mol. The Hall–Kier alpha value is -3.51. The zero-order valence-corrected chi connectivity index (χ0v) is 15.3. The van der Waals surface area contributed by atoms with Crippen LogP contribution < -0.4 is 22.0 Å². The van der Waals surface area contributed by atoms with Gasteiger partial charge < -0.3 is 0 Å². The molecule has 28 heavy (non-hydrogen) atoms. The molecule has 0 bridgehead atoms. The molecular formula is C21H11ClN2O4. The lowest BCUT2D eigenvalue weighted by Crippen LogP contribution is -2.34. The van der Waals surface area contributed by atoms with E-state index in [1.807, 2.05) is 0 Å². The van der Waals surface area contributed by atoms with Gasteiger partial charge in [-0.05, 0) is 24.6 Å². The minimum Gasteiger partial charge on any atom is -0.289 e. The van der Waals surface area contributed by atoms with Gasteiger partial charge in [0.05, 0.1) is 26.7 Å². The highest BCUT2D eigenvalue weighted by Gasteiger charge is 2.20. The summed E-state index contributed by atoms with van der Waals surface area (Å²) in [6, 6.07) is 12.6. The number of nitrogens with zero attached hydrogens (tertiary/aromatic N) is 2. The van der Waals surface area contributed by atoms with Crippen molar-refractivity contribution in [3.05, 3.63) is 100 Å². The van der Waals surface area contributed by atoms with Crippen LogP contribution in [0.2, 0.25) is 5.02 Å². The normalized spacial score (nSPS) is 11.8. The lowest BCUT2D eigenvalue weighted by Gasteiger charge is -2.14. The molecule has 0 amide bonds. The van der Waals surface area contributed by atoms with Crippen LogP contribution in [-0.4, -0.2) is 9.03 Å². The van der Waals surface area contributed by atoms with Crippen molar-refractivity contribution in [3.8, 4) is 0 Å². The standard InChI is InChI=1S/C21H11ClN2O4/c1-10-5-4-8-13-16-15(25)9-14(22)19(26)18(16)24-21(28)12-7-3-2-6-11(12)20(27)23(24)17(10)13/h2-9H,1H3. The second-order valence-electron chi connectivity index (χ2n) is 6.66. The van der Waals surface area contributed by atoms with Crippen molar-refractivity contribution >= 4 is 44.2 Å². The molecule has 0 atom stereocenters. The fraction of sp³-hybridized carbons (Fsp3) is 0.0476. The SMILES string of the molecule is Cc1cccc2c3c(=O)cc(Cl)c(=O)c3n3c(=O)c4ccccc4c(=O)n3c12. The van der Waals surface area contributed by atoms with Crippen LogP contribution in [0.25, 0.3) is 32.6 Å². The summed E-state index contributed by atoms with van der Waals surface area (Å²) in [6.45, 7) is 1.78. The summed E-state index contributed by atoms with van der Waals surface area (Å²) in [6.07, 6.45) is 0. The molecule has 3 aromatic carbocycles. The van der Waals surface area contributed by atoms with Gasteiger partial charge in [-0.1, -0.05) is 41.9 Å². The molecule has 0 spiro atoms. The van der Waals surface area contributed by atoms with E-state index in [1.54, 1.807) is 43.3 Å². The maximum Gasteiger partial charge on any atom is 0.278 e. The van der Waals surface area contributed by atoms with Gasteiger partial charge in [0, 0.05) is 11.5 Å². The molecular weight excluding hydrogens is 380 g/mol. The summed E-state index contributed by atoms with van der Waals surface area (Å²) in [7, 11) is 0.